The van der Waals surface area contributed by atoms with Crippen LogP contribution in [0.2, 0.25) is 0 Å². The van der Waals surface area contributed by atoms with Crippen LogP contribution in [0.5, 0.6) is 0 Å². The molecule has 0 aliphatic carbocycles. The van der Waals surface area contributed by atoms with Gasteiger partial charge in [0.15, 0.2) is 0 Å². The maximum atomic E-state index is 13.5. The number of benzene rings is 1. The Morgan fingerprint density at radius 2 is 2.05 bits per heavy atom. The highest BCUT2D eigenvalue weighted by Crippen LogP contribution is 2.18. The van der Waals surface area contributed by atoms with Crippen LogP contribution in [0.1, 0.15) is 30.6 Å². The van der Waals surface area contributed by atoms with Gasteiger partial charge in [0.25, 0.3) is 5.91 Å². The highest BCUT2D eigenvalue weighted by molar-refractivity contribution is 5.99. The molecule has 0 saturated carbocycles. The number of carbonyl (C=O) groups is 2. The van der Waals surface area contributed by atoms with E-state index in [2.05, 4.69) is 4.74 Å². The van der Waals surface area contributed by atoms with Crippen LogP contribution < -0.4 is 5.73 Å². The number of esters is 1. The molecule has 0 saturated heterocycles. The molecule has 0 aliphatic rings. The van der Waals surface area contributed by atoms with E-state index in [0.717, 1.165) is 0 Å². The molecule has 0 unspecified atom stereocenters. The van der Waals surface area contributed by atoms with Gasteiger partial charge in [-0.25, -0.2) is 4.39 Å². The molecule has 0 atom stereocenters. The number of methoxy groups -OCH3 is 1. The number of carbonyl (C=O) groups excluding carboxylic acids is 2. The first-order chi connectivity index (χ1) is 9.86. The third-order valence-corrected chi connectivity index (χ3v) is 2.97. The van der Waals surface area contributed by atoms with Gasteiger partial charge in [0, 0.05) is 13.1 Å². The van der Waals surface area contributed by atoms with Crippen LogP contribution in [0.25, 0.3) is 0 Å². The van der Waals surface area contributed by atoms with Crippen molar-refractivity contribution in [3.63, 3.8) is 0 Å². The maximum Gasteiger partial charge on any atom is 0.307 e. The Morgan fingerprint density at radius 1 is 1.38 bits per heavy atom. The third-order valence-electron chi connectivity index (χ3n) is 2.97. The summed E-state index contributed by atoms with van der Waals surface area (Å²) in [7, 11) is 1.29. The van der Waals surface area contributed by atoms with Crippen LogP contribution in [0.15, 0.2) is 18.2 Å². The van der Waals surface area contributed by atoms with E-state index in [1.807, 2.05) is 13.8 Å². The Bertz CT molecular complexity index is 518. The van der Waals surface area contributed by atoms with Gasteiger partial charge in [-0.3, -0.25) is 9.59 Å². The summed E-state index contributed by atoms with van der Waals surface area (Å²) >= 11 is 0. The molecule has 1 amide bonds. The number of nitrogen functional groups attached to an aromatic ring is 1. The van der Waals surface area contributed by atoms with Crippen LogP contribution in [0, 0.1) is 11.7 Å². The third kappa shape index (κ3) is 4.73. The largest absolute Gasteiger partial charge is 0.469 e. The lowest BCUT2D eigenvalue weighted by atomic mass is 10.1. The molecule has 1 rings (SSSR count). The standard InChI is InChI=1S/C15H21FN2O3/c1-10(2)9-18(8-7-13(19)21-3)15(20)11-5-4-6-12(16)14(11)17/h4-6,10H,7-9,17H2,1-3H3. The zero-order chi connectivity index (χ0) is 16.0. The fraction of sp³-hybridized carbons (Fsp3) is 0.467. The molecule has 21 heavy (non-hydrogen) atoms. The summed E-state index contributed by atoms with van der Waals surface area (Å²) in [6, 6.07) is 4.12. The molecule has 0 radical (unpaired) electrons. The van der Waals surface area contributed by atoms with Gasteiger partial charge in [0.1, 0.15) is 5.82 Å². The van der Waals surface area contributed by atoms with Crippen LogP contribution in [-0.2, 0) is 9.53 Å². The van der Waals surface area contributed by atoms with E-state index in [1.54, 1.807) is 0 Å². The van der Waals surface area contributed by atoms with E-state index in [1.165, 1.54) is 30.2 Å². The molecule has 1 aromatic rings. The quantitative estimate of drug-likeness (QED) is 0.644. The Balaban J connectivity index is 2.93. The molecule has 6 heteroatoms. The minimum atomic E-state index is -0.627. The number of rotatable bonds is 6. The molecule has 116 valence electrons. The molecule has 0 aliphatic heterocycles. The van der Waals surface area contributed by atoms with Crippen molar-refractivity contribution in [1.29, 1.82) is 0 Å². The molecule has 0 bridgehead atoms. The molecule has 1 aromatic carbocycles. The van der Waals surface area contributed by atoms with Crippen molar-refractivity contribution >= 4 is 17.6 Å². The number of nitrogens with zero attached hydrogens (tertiary/aromatic N) is 1. The van der Waals surface area contributed by atoms with Crippen molar-refractivity contribution in [1.82, 2.24) is 4.90 Å². The lowest BCUT2D eigenvalue weighted by Gasteiger charge is -2.25. The Labute approximate surface area is 123 Å². The summed E-state index contributed by atoms with van der Waals surface area (Å²) in [6.45, 7) is 4.56. The molecular formula is C15H21FN2O3. The first-order valence-corrected chi connectivity index (χ1v) is 6.76. The Morgan fingerprint density at radius 3 is 2.62 bits per heavy atom. The van der Waals surface area contributed by atoms with Gasteiger partial charge in [-0.15, -0.1) is 0 Å². The van der Waals surface area contributed by atoms with E-state index >= 15 is 0 Å². The van der Waals surface area contributed by atoms with Crippen molar-refractivity contribution in [2.24, 2.45) is 5.92 Å². The molecule has 5 nitrogen and oxygen atoms in total. The molecule has 0 fully saturated rings. The number of ether oxygens (including phenoxy) is 1. The fourth-order valence-electron chi connectivity index (χ4n) is 1.94. The minimum Gasteiger partial charge on any atom is -0.469 e. The average molecular weight is 296 g/mol. The van der Waals surface area contributed by atoms with Gasteiger partial charge in [-0.1, -0.05) is 19.9 Å². The summed E-state index contributed by atoms with van der Waals surface area (Å²) in [5, 5.41) is 0. The number of hydrogen-bond acceptors (Lipinski definition) is 4. The normalized spacial score (nSPS) is 10.5. The topological polar surface area (TPSA) is 72.6 Å². The van der Waals surface area contributed by atoms with Gasteiger partial charge in [-0.2, -0.15) is 0 Å². The number of para-hydroxylation sites is 1. The minimum absolute atomic E-state index is 0.0875. The number of nitrogens with two attached hydrogens (primary N) is 1. The smallest absolute Gasteiger partial charge is 0.307 e. The molecule has 2 N–H and O–H groups in total. The highest BCUT2D eigenvalue weighted by atomic mass is 19.1. The number of amides is 1. The second-order valence-electron chi connectivity index (χ2n) is 5.17. The van der Waals surface area contributed by atoms with Crippen molar-refractivity contribution < 1.29 is 18.7 Å². The molecule has 0 heterocycles. The second-order valence-corrected chi connectivity index (χ2v) is 5.17. The number of halogens is 1. The first-order valence-electron chi connectivity index (χ1n) is 6.76. The maximum absolute atomic E-state index is 13.5. The predicted octanol–water partition coefficient (Wildman–Crippen LogP) is 2.07. The first kappa shape index (κ1) is 16.9. The Kier molecular flexibility index (Phi) is 6.14. The van der Waals surface area contributed by atoms with E-state index in [0.29, 0.717) is 6.54 Å². The van der Waals surface area contributed by atoms with Crippen molar-refractivity contribution in [2.45, 2.75) is 20.3 Å². The zero-order valence-electron chi connectivity index (χ0n) is 12.6. The van der Waals surface area contributed by atoms with E-state index < -0.39 is 11.8 Å². The predicted molar refractivity (Wildman–Crippen MR) is 78.2 cm³/mol. The zero-order valence-corrected chi connectivity index (χ0v) is 12.6. The van der Waals surface area contributed by atoms with Gasteiger partial charge >= 0.3 is 5.97 Å². The summed E-state index contributed by atoms with van der Waals surface area (Å²) in [6.07, 6.45) is 0.0875. The van der Waals surface area contributed by atoms with E-state index in [4.69, 9.17) is 5.73 Å². The number of hydrogen-bond donors (Lipinski definition) is 1. The van der Waals surface area contributed by atoms with Crippen LogP contribution >= 0.6 is 0 Å². The van der Waals surface area contributed by atoms with Crippen LogP contribution in [-0.4, -0.2) is 37.0 Å². The second kappa shape index (κ2) is 7.61. The lowest BCUT2D eigenvalue weighted by molar-refractivity contribution is -0.140. The van der Waals surface area contributed by atoms with Crippen molar-refractivity contribution in [3.8, 4) is 0 Å². The van der Waals surface area contributed by atoms with Crippen molar-refractivity contribution in [2.75, 3.05) is 25.9 Å². The highest BCUT2D eigenvalue weighted by Gasteiger charge is 2.21. The van der Waals surface area contributed by atoms with Gasteiger partial charge < -0.3 is 15.4 Å². The molecular weight excluding hydrogens is 275 g/mol. The molecule has 0 aromatic heterocycles. The Hall–Kier alpha value is -2.11. The monoisotopic (exact) mass is 296 g/mol. The van der Waals surface area contributed by atoms with E-state index in [-0.39, 0.29) is 36.0 Å². The lowest BCUT2D eigenvalue weighted by Crippen LogP contribution is -2.36. The summed E-state index contributed by atoms with van der Waals surface area (Å²) in [4.78, 5) is 25.2. The summed E-state index contributed by atoms with van der Waals surface area (Å²) in [5.41, 5.74) is 5.56. The van der Waals surface area contributed by atoms with Crippen molar-refractivity contribution in [3.05, 3.63) is 29.6 Å². The van der Waals surface area contributed by atoms with Gasteiger partial charge in [0.2, 0.25) is 0 Å². The van der Waals surface area contributed by atoms with E-state index in [9.17, 15) is 14.0 Å². The summed E-state index contributed by atoms with van der Waals surface area (Å²) in [5.74, 6) is -1.20. The number of anilines is 1. The molecule has 0 spiro atoms. The fourth-order valence-corrected chi connectivity index (χ4v) is 1.94. The summed E-state index contributed by atoms with van der Waals surface area (Å²) < 4.78 is 18.0. The van der Waals surface area contributed by atoms with Crippen LogP contribution in [0.3, 0.4) is 0 Å². The van der Waals surface area contributed by atoms with Gasteiger partial charge in [-0.05, 0) is 18.1 Å². The SMILES string of the molecule is COC(=O)CCN(CC(C)C)C(=O)c1cccc(F)c1N. The average Bonchev–Trinajstić information content (AvgIpc) is 2.44. The van der Waals surface area contributed by atoms with Crippen LogP contribution in [0.4, 0.5) is 10.1 Å². The van der Waals surface area contributed by atoms with Gasteiger partial charge in [0.05, 0.1) is 24.8 Å².